The number of aliphatic hydroxyl groups is 1. The third kappa shape index (κ3) is 3.94. The summed E-state index contributed by atoms with van der Waals surface area (Å²) < 4.78 is 6.05. The first kappa shape index (κ1) is 13.9. The molecule has 0 spiro atoms. The maximum absolute atomic E-state index is 8.86. The van der Waals surface area contributed by atoms with Crippen molar-refractivity contribution in [2.24, 2.45) is 0 Å². The van der Waals surface area contributed by atoms with Crippen LogP contribution in [-0.4, -0.2) is 26.1 Å². The molecule has 14 heavy (non-hydrogen) atoms. The van der Waals surface area contributed by atoms with Crippen LogP contribution >= 0.6 is 0 Å². The molecule has 0 saturated carbocycles. The molecule has 0 heterocycles. The number of rotatable bonds is 5. The molecule has 0 aromatic carbocycles. The summed E-state index contributed by atoms with van der Waals surface area (Å²) in [6.45, 7) is 14.9. The van der Waals surface area contributed by atoms with Gasteiger partial charge in [-0.3, -0.25) is 0 Å². The Morgan fingerprint density at radius 1 is 1.43 bits per heavy atom. The van der Waals surface area contributed by atoms with Crippen LogP contribution in [0, 0.1) is 0 Å². The number of hydrogen-bond acceptors (Lipinski definition) is 2. The lowest BCUT2D eigenvalue weighted by atomic mass is 10.2. The highest BCUT2D eigenvalue weighted by Crippen LogP contribution is 2.37. The molecule has 0 aromatic rings. The number of hydrogen-bond donors (Lipinski definition) is 1. The van der Waals surface area contributed by atoms with Gasteiger partial charge in [0, 0.05) is 6.61 Å². The monoisotopic (exact) mass is 216 g/mol. The van der Waals surface area contributed by atoms with Gasteiger partial charge in [0.1, 0.15) is 0 Å². The van der Waals surface area contributed by atoms with Gasteiger partial charge < -0.3 is 9.53 Å². The van der Waals surface area contributed by atoms with Gasteiger partial charge in [0.15, 0.2) is 8.32 Å². The van der Waals surface area contributed by atoms with E-state index in [4.69, 9.17) is 9.53 Å². The maximum atomic E-state index is 8.86. The molecular weight excluding hydrogens is 192 g/mol. The Labute approximate surface area is 89.1 Å². The summed E-state index contributed by atoms with van der Waals surface area (Å²) in [5, 5.41) is 9.07. The second kappa shape index (κ2) is 5.10. The van der Waals surface area contributed by atoms with Crippen molar-refractivity contribution in [3.05, 3.63) is 12.7 Å². The van der Waals surface area contributed by atoms with E-state index in [1.165, 1.54) is 0 Å². The van der Waals surface area contributed by atoms with Gasteiger partial charge in [0.05, 0.1) is 6.10 Å². The van der Waals surface area contributed by atoms with Gasteiger partial charge in [-0.25, -0.2) is 0 Å². The Morgan fingerprint density at radius 3 is 2.21 bits per heavy atom. The fraction of sp³-hybridized carbons (Fsp3) is 0.818. The van der Waals surface area contributed by atoms with Crippen molar-refractivity contribution in [1.82, 2.24) is 0 Å². The molecule has 0 amide bonds. The van der Waals surface area contributed by atoms with Gasteiger partial charge in [-0.05, 0) is 24.6 Å². The third-order valence-corrected chi connectivity index (χ3v) is 7.43. The lowest BCUT2D eigenvalue weighted by Gasteiger charge is -2.38. The molecule has 0 saturated heterocycles. The molecule has 0 rings (SSSR count). The summed E-state index contributed by atoms with van der Waals surface area (Å²) in [6.07, 6.45) is 2.44. The highest BCUT2D eigenvalue weighted by molar-refractivity contribution is 6.74. The van der Waals surface area contributed by atoms with Gasteiger partial charge in [-0.1, -0.05) is 26.8 Å². The van der Waals surface area contributed by atoms with E-state index in [-0.39, 0.29) is 17.7 Å². The van der Waals surface area contributed by atoms with Crippen molar-refractivity contribution in [3.8, 4) is 0 Å². The van der Waals surface area contributed by atoms with E-state index in [1.807, 2.05) is 0 Å². The van der Waals surface area contributed by atoms with Gasteiger partial charge >= 0.3 is 0 Å². The molecule has 0 bridgehead atoms. The molecule has 1 N–H and O–H groups in total. The Bertz CT molecular complexity index is 182. The first-order valence-electron chi connectivity index (χ1n) is 5.16. The normalized spacial score (nSPS) is 15.3. The van der Waals surface area contributed by atoms with Crippen LogP contribution in [0.3, 0.4) is 0 Å². The third-order valence-electron chi connectivity index (χ3n) is 2.93. The van der Waals surface area contributed by atoms with Crippen molar-refractivity contribution in [2.45, 2.75) is 51.4 Å². The van der Waals surface area contributed by atoms with E-state index in [2.05, 4.69) is 40.4 Å². The lowest BCUT2D eigenvalue weighted by molar-refractivity contribution is 0.174. The minimum atomic E-state index is -1.71. The quantitative estimate of drug-likeness (QED) is 0.565. The van der Waals surface area contributed by atoms with Gasteiger partial charge in [0.2, 0.25) is 0 Å². The highest BCUT2D eigenvalue weighted by atomic mass is 28.4. The molecule has 1 unspecified atom stereocenters. The summed E-state index contributed by atoms with van der Waals surface area (Å²) in [7, 11) is -1.71. The molecule has 0 aliphatic rings. The van der Waals surface area contributed by atoms with Crippen molar-refractivity contribution in [2.75, 3.05) is 6.61 Å². The van der Waals surface area contributed by atoms with Crippen LogP contribution in [-0.2, 0) is 4.43 Å². The second-order valence-electron chi connectivity index (χ2n) is 5.16. The van der Waals surface area contributed by atoms with E-state index in [0.29, 0.717) is 6.42 Å². The Morgan fingerprint density at radius 2 is 1.93 bits per heavy atom. The summed E-state index contributed by atoms with van der Waals surface area (Å²) in [4.78, 5) is 0. The number of aliphatic hydroxyl groups excluding tert-OH is 1. The molecule has 3 heteroatoms. The Balaban J connectivity index is 4.39. The van der Waals surface area contributed by atoms with Crippen LogP contribution in [0.1, 0.15) is 27.2 Å². The molecule has 0 radical (unpaired) electrons. The molecule has 0 aromatic heterocycles. The standard InChI is InChI=1S/C11H24O2Si/c1-7-10(8-9-12)13-14(5,6)11(2,3)4/h7,10,12H,1,8-9H2,2-6H3. The zero-order chi connectivity index (χ0) is 11.4. The molecule has 1 atom stereocenters. The molecule has 0 aliphatic heterocycles. The average Bonchev–Trinajstić information content (AvgIpc) is 2.01. The topological polar surface area (TPSA) is 29.5 Å². The zero-order valence-electron chi connectivity index (χ0n) is 10.1. The van der Waals surface area contributed by atoms with Crippen molar-refractivity contribution < 1.29 is 9.53 Å². The van der Waals surface area contributed by atoms with Gasteiger partial charge in [-0.15, -0.1) is 6.58 Å². The van der Waals surface area contributed by atoms with E-state index in [9.17, 15) is 0 Å². The lowest BCUT2D eigenvalue weighted by Crippen LogP contribution is -2.43. The predicted molar refractivity (Wildman–Crippen MR) is 64.0 cm³/mol. The maximum Gasteiger partial charge on any atom is 0.192 e. The van der Waals surface area contributed by atoms with Crippen LogP contribution < -0.4 is 0 Å². The first-order valence-corrected chi connectivity index (χ1v) is 8.06. The average molecular weight is 216 g/mol. The summed E-state index contributed by atoms with van der Waals surface area (Å²) in [5.74, 6) is 0. The van der Waals surface area contributed by atoms with Crippen LogP contribution in [0.4, 0.5) is 0 Å². The zero-order valence-corrected chi connectivity index (χ0v) is 11.1. The van der Waals surface area contributed by atoms with Crippen molar-refractivity contribution >= 4 is 8.32 Å². The van der Waals surface area contributed by atoms with E-state index in [1.54, 1.807) is 6.08 Å². The molecule has 0 aliphatic carbocycles. The Kier molecular flexibility index (Phi) is 5.05. The molecule has 0 fully saturated rings. The van der Waals surface area contributed by atoms with Gasteiger partial charge in [-0.2, -0.15) is 0 Å². The molecular formula is C11H24O2Si. The SMILES string of the molecule is C=CC(CCO)O[Si](C)(C)C(C)(C)C. The largest absolute Gasteiger partial charge is 0.410 e. The fourth-order valence-electron chi connectivity index (χ4n) is 0.907. The smallest absolute Gasteiger partial charge is 0.192 e. The van der Waals surface area contributed by atoms with E-state index >= 15 is 0 Å². The van der Waals surface area contributed by atoms with Crippen molar-refractivity contribution in [3.63, 3.8) is 0 Å². The highest BCUT2D eigenvalue weighted by Gasteiger charge is 2.38. The summed E-state index contributed by atoms with van der Waals surface area (Å²) >= 11 is 0. The molecule has 84 valence electrons. The van der Waals surface area contributed by atoms with E-state index < -0.39 is 8.32 Å². The van der Waals surface area contributed by atoms with Gasteiger partial charge in [0.25, 0.3) is 0 Å². The van der Waals surface area contributed by atoms with Crippen LogP contribution in [0.25, 0.3) is 0 Å². The predicted octanol–water partition coefficient (Wildman–Crippen LogP) is 2.95. The minimum absolute atomic E-state index is 0.000826. The summed E-state index contributed by atoms with van der Waals surface area (Å²) in [6, 6.07) is 0. The summed E-state index contributed by atoms with van der Waals surface area (Å²) in [5.41, 5.74) is 0. The second-order valence-corrected chi connectivity index (χ2v) is 9.92. The fourth-order valence-corrected chi connectivity index (χ4v) is 2.23. The van der Waals surface area contributed by atoms with Crippen LogP contribution in [0.2, 0.25) is 18.1 Å². The molecule has 2 nitrogen and oxygen atoms in total. The minimum Gasteiger partial charge on any atom is -0.410 e. The Hall–Kier alpha value is -0.123. The van der Waals surface area contributed by atoms with E-state index in [0.717, 1.165) is 0 Å². The van der Waals surface area contributed by atoms with Crippen LogP contribution in [0.5, 0.6) is 0 Å². The van der Waals surface area contributed by atoms with Crippen molar-refractivity contribution in [1.29, 1.82) is 0 Å². The first-order chi connectivity index (χ1) is 6.24. The van der Waals surface area contributed by atoms with Crippen LogP contribution in [0.15, 0.2) is 12.7 Å².